The molecule has 0 saturated heterocycles. The normalized spacial score (nSPS) is 26.1. The summed E-state index contributed by atoms with van der Waals surface area (Å²) >= 11 is 0. The fraction of sp³-hybridized carbons (Fsp3) is 0.417. The van der Waals surface area contributed by atoms with E-state index >= 15 is 0 Å². The van der Waals surface area contributed by atoms with Crippen molar-refractivity contribution < 1.29 is 14.5 Å². The molecule has 1 aliphatic carbocycles. The van der Waals surface area contributed by atoms with Gasteiger partial charge in [-0.05, 0) is 25.0 Å². The zero-order chi connectivity index (χ0) is 14.0. The van der Waals surface area contributed by atoms with Crippen LogP contribution >= 0.6 is 0 Å². The topological polar surface area (TPSA) is 121 Å². The molecule has 2 rings (SSSR count). The number of rotatable bonds is 4. The lowest BCUT2D eigenvalue weighted by Crippen LogP contribution is -2.50. The molecule has 1 amide bonds. The highest BCUT2D eigenvalue weighted by atomic mass is 16.6. The van der Waals surface area contributed by atoms with E-state index < -0.39 is 16.4 Å². The predicted molar refractivity (Wildman–Crippen MR) is 67.5 cm³/mol. The summed E-state index contributed by atoms with van der Waals surface area (Å²) in [6.45, 7) is 0. The molecule has 7 heteroatoms. The maximum atomic E-state index is 11.2. The van der Waals surface area contributed by atoms with E-state index in [2.05, 4.69) is 0 Å². The Bertz CT molecular complexity index is 502. The maximum absolute atomic E-state index is 11.2. The van der Waals surface area contributed by atoms with Crippen LogP contribution in [-0.2, 0) is 4.79 Å². The fourth-order valence-corrected chi connectivity index (χ4v) is 2.19. The lowest BCUT2D eigenvalue weighted by Gasteiger charge is -2.19. The van der Waals surface area contributed by atoms with Crippen molar-refractivity contribution >= 4 is 11.6 Å². The van der Waals surface area contributed by atoms with Gasteiger partial charge >= 0.3 is 0 Å². The standard InChI is InChI=1S/C12H15N3O4/c13-11(16)12(14)6-5-10(7-12)19-9-3-1-8(2-4-9)15(17)18/h1-4,10H,5-7,14H2,(H2,13,16). The molecule has 102 valence electrons. The van der Waals surface area contributed by atoms with Gasteiger partial charge in [0.2, 0.25) is 5.91 Å². The van der Waals surface area contributed by atoms with Gasteiger partial charge in [0.15, 0.2) is 0 Å². The van der Waals surface area contributed by atoms with Gasteiger partial charge in [-0.1, -0.05) is 0 Å². The number of primary amides is 1. The van der Waals surface area contributed by atoms with Crippen LogP contribution in [-0.4, -0.2) is 22.5 Å². The molecule has 1 aliphatic rings. The van der Waals surface area contributed by atoms with Gasteiger partial charge in [-0.25, -0.2) is 0 Å². The molecule has 1 fully saturated rings. The van der Waals surface area contributed by atoms with Crippen LogP contribution in [0.4, 0.5) is 5.69 Å². The lowest BCUT2D eigenvalue weighted by molar-refractivity contribution is -0.384. The third-order valence-corrected chi connectivity index (χ3v) is 3.35. The summed E-state index contributed by atoms with van der Waals surface area (Å²) < 4.78 is 5.65. The summed E-state index contributed by atoms with van der Waals surface area (Å²) in [5.41, 5.74) is 10.1. The first-order valence-corrected chi connectivity index (χ1v) is 5.91. The van der Waals surface area contributed by atoms with Crippen molar-refractivity contribution in [3.63, 3.8) is 0 Å². The predicted octanol–water partition coefficient (Wildman–Crippen LogP) is 0.709. The number of carbonyl (C=O) groups is 1. The molecule has 1 aromatic carbocycles. The molecule has 19 heavy (non-hydrogen) atoms. The highest BCUT2D eigenvalue weighted by molar-refractivity contribution is 5.84. The first-order chi connectivity index (χ1) is 8.90. The number of non-ortho nitro benzene ring substituents is 1. The van der Waals surface area contributed by atoms with Gasteiger partial charge < -0.3 is 16.2 Å². The molecule has 0 radical (unpaired) electrons. The third-order valence-electron chi connectivity index (χ3n) is 3.35. The molecule has 1 saturated carbocycles. The van der Waals surface area contributed by atoms with E-state index in [0.717, 1.165) is 0 Å². The van der Waals surface area contributed by atoms with Crippen molar-refractivity contribution in [1.29, 1.82) is 0 Å². The van der Waals surface area contributed by atoms with Crippen LogP contribution in [0.5, 0.6) is 5.75 Å². The molecular formula is C12H15N3O4. The number of nitro groups is 1. The van der Waals surface area contributed by atoms with Crippen LogP contribution in [0.3, 0.4) is 0 Å². The van der Waals surface area contributed by atoms with Gasteiger partial charge in [-0.2, -0.15) is 0 Å². The number of carbonyl (C=O) groups excluding carboxylic acids is 1. The van der Waals surface area contributed by atoms with Crippen molar-refractivity contribution in [3.8, 4) is 5.75 Å². The third kappa shape index (κ3) is 2.82. The van der Waals surface area contributed by atoms with Crippen molar-refractivity contribution in [1.82, 2.24) is 0 Å². The molecule has 2 unspecified atom stereocenters. The fourth-order valence-electron chi connectivity index (χ4n) is 2.19. The van der Waals surface area contributed by atoms with Gasteiger partial charge in [-0.3, -0.25) is 14.9 Å². The summed E-state index contributed by atoms with van der Waals surface area (Å²) in [7, 11) is 0. The molecule has 0 aliphatic heterocycles. The highest BCUT2D eigenvalue weighted by Gasteiger charge is 2.41. The first-order valence-electron chi connectivity index (χ1n) is 5.91. The summed E-state index contributed by atoms with van der Waals surface area (Å²) in [4.78, 5) is 21.2. The van der Waals surface area contributed by atoms with Crippen molar-refractivity contribution in [3.05, 3.63) is 34.4 Å². The number of ether oxygens (including phenoxy) is 1. The quantitative estimate of drug-likeness (QED) is 0.613. The van der Waals surface area contributed by atoms with Gasteiger partial charge in [0.1, 0.15) is 11.9 Å². The Kier molecular flexibility index (Phi) is 3.39. The van der Waals surface area contributed by atoms with Crippen molar-refractivity contribution in [2.45, 2.75) is 30.9 Å². The number of amides is 1. The highest BCUT2D eigenvalue weighted by Crippen LogP contribution is 2.31. The zero-order valence-corrected chi connectivity index (χ0v) is 10.2. The number of hydrogen-bond acceptors (Lipinski definition) is 5. The largest absolute Gasteiger partial charge is 0.490 e. The van der Waals surface area contributed by atoms with Gasteiger partial charge in [-0.15, -0.1) is 0 Å². The van der Waals surface area contributed by atoms with Crippen LogP contribution < -0.4 is 16.2 Å². The van der Waals surface area contributed by atoms with Crippen LogP contribution in [0, 0.1) is 10.1 Å². The Balaban J connectivity index is 1.99. The minimum absolute atomic E-state index is 0.00378. The van der Waals surface area contributed by atoms with E-state index in [-0.39, 0.29) is 11.8 Å². The average molecular weight is 265 g/mol. The van der Waals surface area contributed by atoms with E-state index in [1.54, 1.807) is 0 Å². The van der Waals surface area contributed by atoms with Crippen molar-refractivity contribution in [2.24, 2.45) is 11.5 Å². The monoisotopic (exact) mass is 265 g/mol. The Morgan fingerprint density at radius 3 is 2.53 bits per heavy atom. The number of hydrogen-bond donors (Lipinski definition) is 2. The number of nitro benzene ring substituents is 1. The molecule has 4 N–H and O–H groups in total. The van der Waals surface area contributed by atoms with Crippen LogP contribution in [0.15, 0.2) is 24.3 Å². The summed E-state index contributed by atoms with van der Waals surface area (Å²) in [5.74, 6) is -0.00776. The van der Waals surface area contributed by atoms with Gasteiger partial charge in [0, 0.05) is 18.6 Å². The Morgan fingerprint density at radius 2 is 2.05 bits per heavy atom. The molecule has 0 heterocycles. The second-order valence-electron chi connectivity index (χ2n) is 4.75. The van der Waals surface area contributed by atoms with E-state index in [0.29, 0.717) is 25.0 Å². The molecule has 0 aromatic heterocycles. The van der Waals surface area contributed by atoms with Crippen LogP contribution in [0.25, 0.3) is 0 Å². The number of nitrogens with two attached hydrogens (primary N) is 2. The van der Waals surface area contributed by atoms with Crippen LogP contribution in [0.2, 0.25) is 0 Å². The zero-order valence-electron chi connectivity index (χ0n) is 10.2. The smallest absolute Gasteiger partial charge is 0.269 e. The average Bonchev–Trinajstić information content (AvgIpc) is 2.73. The number of benzene rings is 1. The Labute approximate surface area is 109 Å². The van der Waals surface area contributed by atoms with E-state index in [4.69, 9.17) is 16.2 Å². The van der Waals surface area contributed by atoms with E-state index in [1.165, 1.54) is 24.3 Å². The molecular weight excluding hydrogens is 250 g/mol. The summed E-state index contributed by atoms with van der Waals surface area (Å²) in [6.07, 6.45) is 1.29. The minimum atomic E-state index is -1.01. The first kappa shape index (κ1) is 13.3. The molecule has 0 spiro atoms. The molecule has 2 atom stereocenters. The second-order valence-corrected chi connectivity index (χ2v) is 4.75. The number of nitrogens with zero attached hydrogens (tertiary/aromatic N) is 1. The van der Waals surface area contributed by atoms with Crippen LogP contribution in [0.1, 0.15) is 19.3 Å². The molecule has 1 aromatic rings. The summed E-state index contributed by atoms with van der Waals surface area (Å²) in [5, 5.41) is 10.5. The molecule has 7 nitrogen and oxygen atoms in total. The maximum Gasteiger partial charge on any atom is 0.269 e. The minimum Gasteiger partial charge on any atom is -0.490 e. The van der Waals surface area contributed by atoms with E-state index in [1.807, 2.05) is 0 Å². The molecule has 0 bridgehead atoms. The summed E-state index contributed by atoms with van der Waals surface area (Å²) in [6, 6.07) is 5.79. The van der Waals surface area contributed by atoms with E-state index in [9.17, 15) is 14.9 Å². The SMILES string of the molecule is NC(=O)C1(N)CCC(Oc2ccc([N+](=O)[O-])cc2)C1. The second kappa shape index (κ2) is 4.85. The Morgan fingerprint density at radius 1 is 1.42 bits per heavy atom. The Hall–Kier alpha value is -2.15. The van der Waals surface area contributed by atoms with Gasteiger partial charge in [0.05, 0.1) is 10.5 Å². The van der Waals surface area contributed by atoms with Gasteiger partial charge in [0.25, 0.3) is 5.69 Å². The lowest BCUT2D eigenvalue weighted by atomic mass is 9.99. The van der Waals surface area contributed by atoms with Crippen molar-refractivity contribution in [2.75, 3.05) is 0 Å².